The van der Waals surface area contributed by atoms with E-state index in [2.05, 4.69) is 4.74 Å². The Kier molecular flexibility index (Phi) is 4.81. The summed E-state index contributed by atoms with van der Waals surface area (Å²) in [5, 5.41) is 18.1. The molecule has 2 atom stereocenters. The van der Waals surface area contributed by atoms with Crippen molar-refractivity contribution in [2.24, 2.45) is 0 Å². The maximum absolute atomic E-state index is 10.5. The maximum Gasteiger partial charge on any atom is 0.308 e. The van der Waals surface area contributed by atoms with Crippen molar-refractivity contribution in [2.45, 2.75) is 32.0 Å². The lowest BCUT2D eigenvalue weighted by Crippen LogP contribution is -2.28. The van der Waals surface area contributed by atoms with Gasteiger partial charge in [-0.15, -0.1) is 0 Å². The first kappa shape index (κ1) is 10.4. The molecule has 11 heavy (non-hydrogen) atoms. The van der Waals surface area contributed by atoms with E-state index in [0.29, 0.717) is 6.42 Å². The Labute approximate surface area is 65.8 Å². The van der Waals surface area contributed by atoms with Gasteiger partial charge in [-0.3, -0.25) is 4.79 Å². The fourth-order valence-corrected chi connectivity index (χ4v) is 0.662. The minimum Gasteiger partial charge on any atom is -0.469 e. The summed E-state index contributed by atoms with van der Waals surface area (Å²) in [5.74, 6) is -0.509. The molecule has 66 valence electrons. The Hall–Kier alpha value is -0.610. The third kappa shape index (κ3) is 3.95. The van der Waals surface area contributed by atoms with Gasteiger partial charge in [-0.05, 0) is 6.42 Å². The van der Waals surface area contributed by atoms with Crippen LogP contribution >= 0.6 is 0 Å². The van der Waals surface area contributed by atoms with E-state index in [4.69, 9.17) is 10.2 Å². The van der Waals surface area contributed by atoms with Crippen molar-refractivity contribution >= 4 is 5.97 Å². The first-order valence-electron chi connectivity index (χ1n) is 3.54. The van der Waals surface area contributed by atoms with Gasteiger partial charge in [-0.25, -0.2) is 0 Å². The molecule has 0 fully saturated rings. The molecule has 4 nitrogen and oxygen atoms in total. The molecule has 0 heterocycles. The van der Waals surface area contributed by atoms with Crippen LogP contribution in [0.15, 0.2) is 0 Å². The fourth-order valence-electron chi connectivity index (χ4n) is 0.662. The molecule has 0 aliphatic heterocycles. The van der Waals surface area contributed by atoms with Gasteiger partial charge >= 0.3 is 5.97 Å². The van der Waals surface area contributed by atoms with Gasteiger partial charge in [0.05, 0.1) is 25.7 Å². The molecule has 0 spiro atoms. The predicted octanol–water partition coefficient (Wildman–Crippen LogP) is -0.319. The van der Waals surface area contributed by atoms with E-state index in [1.165, 1.54) is 7.11 Å². The first-order chi connectivity index (χ1) is 5.11. The van der Waals surface area contributed by atoms with E-state index in [-0.39, 0.29) is 6.42 Å². The summed E-state index contributed by atoms with van der Waals surface area (Å²) < 4.78 is 4.31. The maximum atomic E-state index is 10.5. The Bertz CT molecular complexity index is 124. The van der Waals surface area contributed by atoms with Crippen LogP contribution in [-0.4, -0.2) is 35.5 Å². The predicted molar refractivity (Wildman–Crippen MR) is 38.9 cm³/mol. The smallest absolute Gasteiger partial charge is 0.308 e. The van der Waals surface area contributed by atoms with Gasteiger partial charge in [-0.2, -0.15) is 0 Å². The molecule has 0 bridgehead atoms. The van der Waals surface area contributed by atoms with Gasteiger partial charge in [0.1, 0.15) is 0 Å². The molecule has 0 saturated carbocycles. The van der Waals surface area contributed by atoms with Crippen LogP contribution in [0.4, 0.5) is 0 Å². The molecule has 0 amide bonds. The van der Waals surface area contributed by atoms with Gasteiger partial charge in [0.2, 0.25) is 0 Å². The summed E-state index contributed by atoms with van der Waals surface area (Å²) in [4.78, 5) is 10.5. The molecule has 0 unspecified atom stereocenters. The number of carbonyl (C=O) groups excluding carboxylic acids is 1. The summed E-state index contributed by atoms with van der Waals surface area (Å²) in [6.45, 7) is 1.73. The number of esters is 1. The van der Waals surface area contributed by atoms with Crippen LogP contribution in [0.1, 0.15) is 19.8 Å². The van der Waals surface area contributed by atoms with E-state index < -0.39 is 18.2 Å². The molecule has 2 N–H and O–H groups in total. The van der Waals surface area contributed by atoms with Crippen LogP contribution in [0.25, 0.3) is 0 Å². The third-order valence-electron chi connectivity index (χ3n) is 1.47. The number of ether oxygens (including phenoxy) is 1. The van der Waals surface area contributed by atoms with Crippen LogP contribution in [-0.2, 0) is 9.53 Å². The Balaban J connectivity index is 3.67. The van der Waals surface area contributed by atoms with Gasteiger partial charge < -0.3 is 14.9 Å². The number of aliphatic hydroxyl groups excluding tert-OH is 2. The molecular weight excluding hydrogens is 148 g/mol. The molecule has 0 aromatic carbocycles. The molecule has 0 radical (unpaired) electrons. The van der Waals surface area contributed by atoms with Crippen LogP contribution in [0, 0.1) is 0 Å². The summed E-state index contributed by atoms with van der Waals surface area (Å²) in [7, 11) is 1.24. The van der Waals surface area contributed by atoms with Gasteiger partial charge in [0, 0.05) is 0 Å². The van der Waals surface area contributed by atoms with E-state index in [9.17, 15) is 4.79 Å². The zero-order chi connectivity index (χ0) is 8.85. The van der Waals surface area contributed by atoms with Crippen molar-refractivity contribution in [1.29, 1.82) is 0 Å². The minimum absolute atomic E-state index is 0.147. The molecule has 4 heteroatoms. The molecule has 0 aliphatic rings. The summed E-state index contributed by atoms with van der Waals surface area (Å²) >= 11 is 0. The van der Waals surface area contributed by atoms with Crippen molar-refractivity contribution < 1.29 is 19.7 Å². The van der Waals surface area contributed by atoms with E-state index >= 15 is 0 Å². The van der Waals surface area contributed by atoms with Crippen molar-refractivity contribution in [3.8, 4) is 0 Å². The van der Waals surface area contributed by atoms with E-state index in [0.717, 1.165) is 0 Å². The second-order valence-electron chi connectivity index (χ2n) is 2.32. The number of aliphatic hydroxyl groups is 2. The number of hydrogen-bond acceptors (Lipinski definition) is 4. The van der Waals surface area contributed by atoms with Crippen LogP contribution < -0.4 is 0 Å². The largest absolute Gasteiger partial charge is 0.469 e. The number of hydrogen-bond donors (Lipinski definition) is 2. The SMILES string of the molecule is CC[C@@H](O)[C@H](O)CC(=O)OC. The fraction of sp³-hybridized carbons (Fsp3) is 0.857. The van der Waals surface area contributed by atoms with Crippen molar-refractivity contribution in [3.05, 3.63) is 0 Å². The number of rotatable bonds is 4. The van der Waals surface area contributed by atoms with Crippen molar-refractivity contribution in [3.63, 3.8) is 0 Å². The van der Waals surface area contributed by atoms with Crippen molar-refractivity contribution in [2.75, 3.05) is 7.11 Å². The second-order valence-corrected chi connectivity index (χ2v) is 2.32. The third-order valence-corrected chi connectivity index (χ3v) is 1.47. The second kappa shape index (κ2) is 5.09. The molecule has 0 saturated heterocycles. The van der Waals surface area contributed by atoms with E-state index in [1.54, 1.807) is 6.92 Å². The lowest BCUT2D eigenvalue weighted by Gasteiger charge is -2.13. The normalized spacial score (nSPS) is 15.6. The highest BCUT2D eigenvalue weighted by Crippen LogP contribution is 2.03. The highest BCUT2D eigenvalue weighted by Gasteiger charge is 2.17. The molecule has 0 rings (SSSR count). The lowest BCUT2D eigenvalue weighted by atomic mass is 10.1. The Morgan fingerprint density at radius 3 is 2.36 bits per heavy atom. The lowest BCUT2D eigenvalue weighted by molar-refractivity contribution is -0.144. The topological polar surface area (TPSA) is 66.8 Å². The van der Waals surface area contributed by atoms with Crippen molar-refractivity contribution in [1.82, 2.24) is 0 Å². The number of methoxy groups -OCH3 is 1. The average Bonchev–Trinajstić information content (AvgIpc) is 2.02. The van der Waals surface area contributed by atoms with Crippen LogP contribution in [0.5, 0.6) is 0 Å². The first-order valence-corrected chi connectivity index (χ1v) is 3.54. The molecule has 0 aromatic rings. The van der Waals surface area contributed by atoms with E-state index in [1.807, 2.05) is 0 Å². The molecule has 0 aromatic heterocycles. The zero-order valence-electron chi connectivity index (χ0n) is 6.78. The monoisotopic (exact) mass is 162 g/mol. The Morgan fingerprint density at radius 2 is 2.00 bits per heavy atom. The minimum atomic E-state index is -1.01. The van der Waals surface area contributed by atoms with Crippen LogP contribution in [0.2, 0.25) is 0 Å². The number of carbonyl (C=O) groups is 1. The Morgan fingerprint density at radius 1 is 1.45 bits per heavy atom. The van der Waals surface area contributed by atoms with Gasteiger partial charge in [0.15, 0.2) is 0 Å². The van der Waals surface area contributed by atoms with Gasteiger partial charge in [-0.1, -0.05) is 6.92 Å². The molecule has 0 aliphatic carbocycles. The standard InChI is InChI=1S/C7H14O4/c1-3-5(8)6(9)4-7(10)11-2/h5-6,8-9H,3-4H2,1-2H3/t5-,6-/m1/s1. The molecular formula is C7H14O4. The highest BCUT2D eigenvalue weighted by molar-refractivity contribution is 5.69. The zero-order valence-corrected chi connectivity index (χ0v) is 6.78. The average molecular weight is 162 g/mol. The summed E-state index contributed by atoms with van der Waals surface area (Å²) in [6.07, 6.45) is -1.56. The van der Waals surface area contributed by atoms with Gasteiger partial charge in [0.25, 0.3) is 0 Å². The summed E-state index contributed by atoms with van der Waals surface area (Å²) in [5.41, 5.74) is 0. The quantitative estimate of drug-likeness (QED) is 0.556. The summed E-state index contributed by atoms with van der Waals surface area (Å²) in [6, 6.07) is 0. The van der Waals surface area contributed by atoms with Crippen LogP contribution in [0.3, 0.4) is 0 Å². The highest BCUT2D eigenvalue weighted by atomic mass is 16.5.